The molecule has 0 N–H and O–H groups in total. The highest BCUT2D eigenvalue weighted by atomic mass is 16.5. The van der Waals surface area contributed by atoms with Crippen molar-refractivity contribution >= 4 is 11.9 Å². The summed E-state index contributed by atoms with van der Waals surface area (Å²) in [4.78, 5) is 25.8. The Bertz CT molecular complexity index is 784. The summed E-state index contributed by atoms with van der Waals surface area (Å²) < 4.78 is 15.9. The van der Waals surface area contributed by atoms with Gasteiger partial charge in [0.05, 0.1) is 12.2 Å². The lowest BCUT2D eigenvalue weighted by Crippen LogP contribution is -2.30. The predicted molar refractivity (Wildman–Crippen MR) is 107 cm³/mol. The van der Waals surface area contributed by atoms with Crippen molar-refractivity contribution in [2.24, 2.45) is 0 Å². The topological polar surface area (TPSA) is 65.1 Å². The van der Waals surface area contributed by atoms with Gasteiger partial charge in [-0.1, -0.05) is 24.8 Å². The van der Waals surface area contributed by atoms with E-state index in [1.54, 1.807) is 37.4 Å². The Morgan fingerprint density at radius 3 is 2.21 bits per heavy atom. The first-order valence-corrected chi connectivity index (χ1v) is 9.00. The molecule has 0 bridgehead atoms. The van der Waals surface area contributed by atoms with Crippen molar-refractivity contribution in [3.8, 4) is 11.5 Å². The van der Waals surface area contributed by atoms with Crippen LogP contribution in [0.1, 0.15) is 22.8 Å². The number of ether oxygens (including phenoxy) is 3. The molecule has 0 fully saturated rings. The second-order valence-corrected chi connectivity index (χ2v) is 6.03. The SMILES string of the molecule is C=CCOc1ccc(C(=O)OCC(=O)N(C)Cc2ccc(OCC)cc2)cc1. The average Bonchev–Trinajstić information content (AvgIpc) is 2.72. The Morgan fingerprint density at radius 2 is 1.61 bits per heavy atom. The molecule has 0 atom stereocenters. The molecule has 0 unspecified atom stereocenters. The van der Waals surface area contributed by atoms with Crippen LogP contribution in [0.15, 0.2) is 61.2 Å². The summed E-state index contributed by atoms with van der Waals surface area (Å²) in [7, 11) is 1.67. The summed E-state index contributed by atoms with van der Waals surface area (Å²) >= 11 is 0. The fraction of sp³-hybridized carbons (Fsp3) is 0.273. The highest BCUT2D eigenvalue weighted by Crippen LogP contribution is 2.14. The molecule has 1 amide bonds. The zero-order chi connectivity index (χ0) is 20.4. The summed E-state index contributed by atoms with van der Waals surface area (Å²) in [5.74, 6) is 0.573. The highest BCUT2D eigenvalue weighted by molar-refractivity contribution is 5.91. The third kappa shape index (κ3) is 6.46. The summed E-state index contributed by atoms with van der Waals surface area (Å²) in [6, 6.07) is 14.0. The molecular formula is C22H25NO5. The Labute approximate surface area is 165 Å². The molecule has 2 aromatic rings. The minimum atomic E-state index is -0.557. The first-order valence-electron chi connectivity index (χ1n) is 9.00. The van der Waals surface area contributed by atoms with Crippen LogP contribution in [-0.4, -0.2) is 43.6 Å². The van der Waals surface area contributed by atoms with E-state index in [2.05, 4.69) is 6.58 Å². The predicted octanol–water partition coefficient (Wildman–Crippen LogP) is 3.47. The van der Waals surface area contributed by atoms with Gasteiger partial charge < -0.3 is 19.1 Å². The highest BCUT2D eigenvalue weighted by Gasteiger charge is 2.14. The summed E-state index contributed by atoms with van der Waals surface area (Å²) in [6.45, 7) is 6.59. The number of carbonyl (C=O) groups excluding carboxylic acids is 2. The summed E-state index contributed by atoms with van der Waals surface area (Å²) in [6.07, 6.45) is 1.64. The van der Waals surface area contributed by atoms with E-state index >= 15 is 0 Å². The van der Waals surface area contributed by atoms with Gasteiger partial charge in [0.25, 0.3) is 5.91 Å². The second kappa shape index (κ2) is 10.8. The molecule has 6 heteroatoms. The quantitative estimate of drug-likeness (QED) is 0.464. The Hall–Kier alpha value is -3.28. The van der Waals surface area contributed by atoms with E-state index in [1.165, 1.54) is 4.90 Å². The van der Waals surface area contributed by atoms with E-state index in [4.69, 9.17) is 14.2 Å². The van der Waals surface area contributed by atoms with Gasteiger partial charge in [0.15, 0.2) is 6.61 Å². The van der Waals surface area contributed by atoms with Gasteiger partial charge in [0, 0.05) is 13.6 Å². The van der Waals surface area contributed by atoms with E-state index in [-0.39, 0.29) is 12.5 Å². The van der Waals surface area contributed by atoms with Gasteiger partial charge in [-0.3, -0.25) is 4.79 Å². The molecule has 2 rings (SSSR count). The average molecular weight is 383 g/mol. The monoisotopic (exact) mass is 383 g/mol. The van der Waals surface area contributed by atoms with Gasteiger partial charge in [-0.2, -0.15) is 0 Å². The number of rotatable bonds is 10. The van der Waals surface area contributed by atoms with Crippen molar-refractivity contribution in [3.05, 3.63) is 72.3 Å². The van der Waals surface area contributed by atoms with E-state index in [9.17, 15) is 9.59 Å². The molecular weight excluding hydrogens is 358 g/mol. The maximum atomic E-state index is 12.2. The van der Waals surface area contributed by atoms with Crippen LogP contribution in [-0.2, 0) is 16.1 Å². The van der Waals surface area contributed by atoms with Crippen LogP contribution in [0.2, 0.25) is 0 Å². The molecule has 0 saturated heterocycles. The van der Waals surface area contributed by atoms with Crippen LogP contribution < -0.4 is 9.47 Å². The van der Waals surface area contributed by atoms with Crippen molar-refractivity contribution in [3.63, 3.8) is 0 Å². The third-order valence-electron chi connectivity index (χ3n) is 3.86. The van der Waals surface area contributed by atoms with Gasteiger partial charge in [-0.05, 0) is 48.9 Å². The number of amides is 1. The Kier molecular flexibility index (Phi) is 8.09. The van der Waals surface area contributed by atoms with Crippen molar-refractivity contribution in [1.82, 2.24) is 4.90 Å². The maximum absolute atomic E-state index is 12.2. The van der Waals surface area contributed by atoms with Crippen LogP contribution in [0, 0.1) is 0 Å². The molecule has 0 aromatic heterocycles. The number of nitrogens with zero attached hydrogens (tertiary/aromatic N) is 1. The van der Waals surface area contributed by atoms with Crippen molar-refractivity contribution in [2.75, 3.05) is 26.9 Å². The molecule has 0 aliphatic rings. The standard InChI is InChI=1S/C22H25NO5/c1-4-14-27-20-12-8-18(9-13-20)22(25)28-16-21(24)23(3)15-17-6-10-19(11-7-17)26-5-2/h4,6-13H,1,5,14-16H2,2-3H3. The first-order chi connectivity index (χ1) is 13.5. The van der Waals surface area contributed by atoms with Crippen molar-refractivity contribution < 1.29 is 23.8 Å². The zero-order valence-electron chi connectivity index (χ0n) is 16.2. The van der Waals surface area contributed by atoms with Gasteiger partial charge in [-0.25, -0.2) is 4.79 Å². The lowest BCUT2D eigenvalue weighted by molar-refractivity contribution is -0.133. The zero-order valence-corrected chi connectivity index (χ0v) is 16.2. The fourth-order valence-electron chi connectivity index (χ4n) is 2.38. The lowest BCUT2D eigenvalue weighted by Gasteiger charge is -2.17. The van der Waals surface area contributed by atoms with Crippen LogP contribution in [0.25, 0.3) is 0 Å². The molecule has 0 spiro atoms. The van der Waals surface area contributed by atoms with Crippen molar-refractivity contribution in [2.45, 2.75) is 13.5 Å². The van der Waals surface area contributed by atoms with Gasteiger partial charge in [0.1, 0.15) is 18.1 Å². The summed E-state index contributed by atoms with van der Waals surface area (Å²) in [5, 5.41) is 0. The molecule has 148 valence electrons. The molecule has 0 heterocycles. The third-order valence-corrected chi connectivity index (χ3v) is 3.86. The Balaban J connectivity index is 1.81. The molecule has 28 heavy (non-hydrogen) atoms. The molecule has 0 saturated carbocycles. The minimum Gasteiger partial charge on any atom is -0.494 e. The first kappa shape index (κ1) is 21.0. The van der Waals surface area contributed by atoms with Crippen LogP contribution >= 0.6 is 0 Å². The van der Waals surface area contributed by atoms with Crippen LogP contribution in [0.3, 0.4) is 0 Å². The maximum Gasteiger partial charge on any atom is 0.338 e. The van der Waals surface area contributed by atoms with E-state index in [1.807, 2.05) is 31.2 Å². The van der Waals surface area contributed by atoms with E-state index in [0.29, 0.717) is 31.1 Å². The molecule has 2 aromatic carbocycles. The molecule has 0 radical (unpaired) electrons. The molecule has 6 nitrogen and oxygen atoms in total. The van der Waals surface area contributed by atoms with Gasteiger partial charge in [-0.15, -0.1) is 0 Å². The largest absolute Gasteiger partial charge is 0.494 e. The molecule has 0 aliphatic heterocycles. The normalized spacial score (nSPS) is 10.1. The number of hydrogen-bond acceptors (Lipinski definition) is 5. The van der Waals surface area contributed by atoms with Gasteiger partial charge >= 0.3 is 5.97 Å². The number of benzene rings is 2. The minimum absolute atomic E-state index is 0.284. The number of esters is 1. The lowest BCUT2D eigenvalue weighted by atomic mass is 10.2. The van der Waals surface area contributed by atoms with Gasteiger partial charge in [0.2, 0.25) is 0 Å². The Morgan fingerprint density at radius 1 is 1.00 bits per heavy atom. The molecule has 0 aliphatic carbocycles. The summed E-state index contributed by atoms with van der Waals surface area (Å²) in [5.41, 5.74) is 1.31. The van der Waals surface area contributed by atoms with E-state index in [0.717, 1.165) is 11.3 Å². The smallest absolute Gasteiger partial charge is 0.338 e. The fourth-order valence-corrected chi connectivity index (χ4v) is 2.38. The van der Waals surface area contributed by atoms with Crippen LogP contribution in [0.4, 0.5) is 0 Å². The van der Waals surface area contributed by atoms with Crippen LogP contribution in [0.5, 0.6) is 11.5 Å². The second-order valence-electron chi connectivity index (χ2n) is 6.03. The number of likely N-dealkylation sites (N-methyl/N-ethyl adjacent to an activating group) is 1. The van der Waals surface area contributed by atoms with Crippen molar-refractivity contribution in [1.29, 1.82) is 0 Å². The van der Waals surface area contributed by atoms with E-state index < -0.39 is 5.97 Å². The number of carbonyl (C=O) groups is 2. The number of hydrogen-bond donors (Lipinski definition) is 0.